The molecule has 0 aromatic carbocycles. The number of aromatic nitrogens is 1. The molecule has 1 aromatic heterocycles. The standard InChI is InChI=1S/C17H23N3/c1-2-8-20(7-1)17-6-5-16(12-19-17)18-11-15-10-13-3-4-14(15)9-13/h3-6,12-15,18H,1-2,7-11H2. The first-order chi connectivity index (χ1) is 9.88. The first-order valence-corrected chi connectivity index (χ1v) is 8.02. The van der Waals surface area contributed by atoms with Gasteiger partial charge in [0.15, 0.2) is 0 Å². The van der Waals surface area contributed by atoms with Gasteiger partial charge in [-0.3, -0.25) is 0 Å². The molecule has 2 heterocycles. The van der Waals surface area contributed by atoms with Gasteiger partial charge in [-0.25, -0.2) is 4.98 Å². The summed E-state index contributed by atoms with van der Waals surface area (Å²) in [6.07, 6.45) is 12.2. The van der Waals surface area contributed by atoms with Gasteiger partial charge in [-0.1, -0.05) is 12.2 Å². The maximum absolute atomic E-state index is 4.60. The molecule has 3 heteroatoms. The molecule has 3 aliphatic rings. The number of hydrogen-bond donors (Lipinski definition) is 1. The van der Waals surface area contributed by atoms with E-state index in [9.17, 15) is 0 Å². The molecule has 0 amide bonds. The Hall–Kier alpha value is -1.51. The predicted octanol–water partition coefficient (Wildman–Crippen LogP) is 3.31. The first kappa shape index (κ1) is 12.2. The van der Waals surface area contributed by atoms with Crippen molar-refractivity contribution in [2.24, 2.45) is 17.8 Å². The zero-order valence-electron chi connectivity index (χ0n) is 12.0. The van der Waals surface area contributed by atoms with Crippen molar-refractivity contribution in [1.29, 1.82) is 0 Å². The molecule has 3 nitrogen and oxygen atoms in total. The molecule has 4 rings (SSSR count). The van der Waals surface area contributed by atoms with Gasteiger partial charge in [0.1, 0.15) is 5.82 Å². The van der Waals surface area contributed by atoms with E-state index in [0.29, 0.717) is 0 Å². The van der Waals surface area contributed by atoms with Crippen molar-refractivity contribution in [3.05, 3.63) is 30.5 Å². The lowest BCUT2D eigenvalue weighted by Crippen LogP contribution is -2.20. The SMILES string of the molecule is C1=CC2CC1CC2CNc1ccc(N2CCCC2)nc1. The Bertz CT molecular complexity index is 487. The minimum absolute atomic E-state index is 0.822. The molecular weight excluding hydrogens is 246 g/mol. The zero-order valence-corrected chi connectivity index (χ0v) is 12.0. The van der Waals surface area contributed by atoms with Gasteiger partial charge < -0.3 is 10.2 Å². The molecule has 1 N–H and O–H groups in total. The van der Waals surface area contributed by atoms with E-state index in [1.807, 2.05) is 6.20 Å². The van der Waals surface area contributed by atoms with E-state index in [0.717, 1.165) is 43.2 Å². The summed E-state index contributed by atoms with van der Waals surface area (Å²) in [5, 5.41) is 3.57. The van der Waals surface area contributed by atoms with Crippen LogP contribution >= 0.6 is 0 Å². The lowest BCUT2D eigenvalue weighted by Gasteiger charge is -2.20. The van der Waals surface area contributed by atoms with Crippen LogP contribution in [-0.4, -0.2) is 24.6 Å². The second-order valence-corrected chi connectivity index (χ2v) is 6.52. The van der Waals surface area contributed by atoms with Crippen LogP contribution in [-0.2, 0) is 0 Å². The molecule has 3 atom stereocenters. The second kappa shape index (κ2) is 5.12. The summed E-state index contributed by atoms with van der Waals surface area (Å²) < 4.78 is 0. The van der Waals surface area contributed by atoms with Gasteiger partial charge in [0, 0.05) is 19.6 Å². The maximum atomic E-state index is 4.60. The van der Waals surface area contributed by atoms with Crippen LogP contribution in [0.25, 0.3) is 0 Å². The summed E-state index contributed by atoms with van der Waals surface area (Å²) in [4.78, 5) is 6.98. The van der Waals surface area contributed by atoms with E-state index in [2.05, 4.69) is 39.5 Å². The Morgan fingerprint density at radius 1 is 1.15 bits per heavy atom. The van der Waals surface area contributed by atoms with Crippen LogP contribution in [0.4, 0.5) is 11.5 Å². The minimum atomic E-state index is 0.822. The Morgan fingerprint density at radius 2 is 2.05 bits per heavy atom. The predicted molar refractivity (Wildman–Crippen MR) is 83.0 cm³/mol. The number of rotatable bonds is 4. The molecular formula is C17H23N3. The molecule has 2 aliphatic carbocycles. The highest BCUT2D eigenvalue weighted by atomic mass is 15.2. The monoisotopic (exact) mass is 269 g/mol. The number of allylic oxidation sites excluding steroid dienone is 2. The molecule has 1 aliphatic heterocycles. The van der Waals surface area contributed by atoms with E-state index in [1.165, 1.54) is 31.4 Å². The summed E-state index contributed by atoms with van der Waals surface area (Å²) in [6.45, 7) is 3.42. The number of nitrogens with zero attached hydrogens (tertiary/aromatic N) is 2. The lowest BCUT2D eigenvalue weighted by atomic mass is 9.93. The van der Waals surface area contributed by atoms with Crippen LogP contribution in [0.15, 0.2) is 30.5 Å². The Morgan fingerprint density at radius 3 is 2.70 bits per heavy atom. The van der Waals surface area contributed by atoms with E-state index in [1.54, 1.807) is 0 Å². The van der Waals surface area contributed by atoms with Crippen LogP contribution in [0.5, 0.6) is 0 Å². The fourth-order valence-electron chi connectivity index (χ4n) is 4.00. The highest BCUT2D eigenvalue weighted by molar-refractivity contribution is 5.49. The maximum Gasteiger partial charge on any atom is 0.128 e. The summed E-state index contributed by atoms with van der Waals surface area (Å²) >= 11 is 0. The van der Waals surface area contributed by atoms with Crippen LogP contribution in [0, 0.1) is 17.8 Å². The molecule has 0 radical (unpaired) electrons. The highest BCUT2D eigenvalue weighted by Gasteiger charge is 2.35. The van der Waals surface area contributed by atoms with Crippen LogP contribution in [0.1, 0.15) is 25.7 Å². The summed E-state index contributed by atoms with van der Waals surface area (Å²) in [5.41, 5.74) is 1.17. The highest BCUT2D eigenvalue weighted by Crippen LogP contribution is 2.43. The van der Waals surface area contributed by atoms with Gasteiger partial charge in [-0.15, -0.1) is 0 Å². The van der Waals surface area contributed by atoms with E-state index < -0.39 is 0 Å². The van der Waals surface area contributed by atoms with Crippen LogP contribution in [0.3, 0.4) is 0 Å². The van der Waals surface area contributed by atoms with E-state index in [4.69, 9.17) is 0 Å². The average Bonchev–Trinajstić information content (AvgIpc) is 3.22. The average molecular weight is 269 g/mol. The van der Waals surface area contributed by atoms with E-state index >= 15 is 0 Å². The van der Waals surface area contributed by atoms with Gasteiger partial charge in [-0.05, 0) is 55.6 Å². The molecule has 2 bridgehead atoms. The van der Waals surface area contributed by atoms with Crippen molar-refractivity contribution in [3.63, 3.8) is 0 Å². The number of nitrogens with one attached hydrogen (secondary N) is 1. The summed E-state index contributed by atoms with van der Waals surface area (Å²) in [6, 6.07) is 4.35. The van der Waals surface area contributed by atoms with Gasteiger partial charge in [-0.2, -0.15) is 0 Å². The third-order valence-electron chi connectivity index (χ3n) is 5.16. The summed E-state index contributed by atoms with van der Waals surface area (Å²) in [7, 11) is 0. The molecule has 1 aromatic rings. The molecule has 106 valence electrons. The molecule has 0 spiro atoms. The lowest BCUT2D eigenvalue weighted by molar-refractivity contribution is 0.472. The molecule has 1 saturated heterocycles. The Balaban J connectivity index is 1.34. The van der Waals surface area contributed by atoms with Crippen molar-refractivity contribution in [3.8, 4) is 0 Å². The van der Waals surface area contributed by atoms with E-state index in [-0.39, 0.29) is 0 Å². The van der Waals surface area contributed by atoms with Gasteiger partial charge in [0.25, 0.3) is 0 Å². The van der Waals surface area contributed by atoms with Crippen molar-refractivity contribution in [2.45, 2.75) is 25.7 Å². The third kappa shape index (κ3) is 2.30. The van der Waals surface area contributed by atoms with Crippen molar-refractivity contribution in [2.75, 3.05) is 29.9 Å². The third-order valence-corrected chi connectivity index (χ3v) is 5.16. The quantitative estimate of drug-likeness (QED) is 0.850. The molecule has 20 heavy (non-hydrogen) atoms. The zero-order chi connectivity index (χ0) is 13.4. The smallest absolute Gasteiger partial charge is 0.128 e. The summed E-state index contributed by atoms with van der Waals surface area (Å²) in [5.74, 6) is 3.64. The Labute approximate surface area is 121 Å². The molecule has 2 fully saturated rings. The fourth-order valence-corrected chi connectivity index (χ4v) is 4.00. The van der Waals surface area contributed by atoms with Gasteiger partial charge in [0.05, 0.1) is 11.9 Å². The number of pyridine rings is 1. The number of hydrogen-bond acceptors (Lipinski definition) is 3. The van der Waals surface area contributed by atoms with Gasteiger partial charge >= 0.3 is 0 Å². The van der Waals surface area contributed by atoms with Crippen LogP contribution in [0.2, 0.25) is 0 Å². The van der Waals surface area contributed by atoms with Gasteiger partial charge in [0.2, 0.25) is 0 Å². The fraction of sp³-hybridized carbons (Fsp3) is 0.588. The largest absolute Gasteiger partial charge is 0.383 e. The van der Waals surface area contributed by atoms with Crippen LogP contribution < -0.4 is 10.2 Å². The number of anilines is 2. The molecule has 3 unspecified atom stereocenters. The van der Waals surface area contributed by atoms with Crippen molar-refractivity contribution >= 4 is 11.5 Å². The molecule has 1 saturated carbocycles. The topological polar surface area (TPSA) is 28.2 Å². The second-order valence-electron chi connectivity index (χ2n) is 6.52. The first-order valence-electron chi connectivity index (χ1n) is 8.02. The number of fused-ring (bicyclic) bond motifs is 2. The van der Waals surface area contributed by atoms with Crippen molar-refractivity contribution in [1.82, 2.24) is 4.98 Å². The Kier molecular flexibility index (Phi) is 3.13. The minimum Gasteiger partial charge on any atom is -0.383 e. The normalized spacial score (nSPS) is 31.2. The van der Waals surface area contributed by atoms with Crippen molar-refractivity contribution < 1.29 is 0 Å².